The maximum Gasteiger partial charge on any atom is 0.174 e. The first-order chi connectivity index (χ1) is 10.1. The van der Waals surface area contributed by atoms with E-state index in [4.69, 9.17) is 11.6 Å². The van der Waals surface area contributed by atoms with Gasteiger partial charge in [0.05, 0.1) is 21.1 Å². The van der Waals surface area contributed by atoms with Crippen molar-refractivity contribution < 1.29 is 0 Å². The molecule has 0 unspecified atom stereocenters. The summed E-state index contributed by atoms with van der Waals surface area (Å²) in [5.41, 5.74) is 1.80. The number of thiazole rings is 1. The SMILES string of the molecule is CCNc1nc(-c2sc(C)nc2C)nc2cc(Cl)ccc12. The van der Waals surface area contributed by atoms with Crippen molar-refractivity contribution in [2.75, 3.05) is 11.9 Å². The largest absolute Gasteiger partial charge is 0.370 e. The first-order valence-electron chi connectivity index (χ1n) is 6.74. The number of aryl methyl sites for hydroxylation is 2. The van der Waals surface area contributed by atoms with Crippen molar-refractivity contribution in [2.45, 2.75) is 20.8 Å². The van der Waals surface area contributed by atoms with Gasteiger partial charge in [-0.25, -0.2) is 15.0 Å². The van der Waals surface area contributed by atoms with Crippen molar-refractivity contribution in [1.82, 2.24) is 15.0 Å². The van der Waals surface area contributed by atoms with Crippen LogP contribution >= 0.6 is 22.9 Å². The average Bonchev–Trinajstić information content (AvgIpc) is 2.77. The fourth-order valence-electron chi connectivity index (χ4n) is 2.25. The van der Waals surface area contributed by atoms with Crippen LogP contribution < -0.4 is 5.32 Å². The molecule has 2 heterocycles. The second-order valence-electron chi connectivity index (χ2n) is 4.74. The number of halogens is 1. The number of rotatable bonds is 3. The van der Waals surface area contributed by atoms with Gasteiger partial charge in [-0.2, -0.15) is 0 Å². The minimum Gasteiger partial charge on any atom is -0.370 e. The molecule has 2 aromatic heterocycles. The molecule has 0 saturated heterocycles. The van der Waals surface area contributed by atoms with Crippen LogP contribution in [0.1, 0.15) is 17.6 Å². The number of aromatic nitrogens is 3. The Morgan fingerprint density at radius 3 is 2.67 bits per heavy atom. The van der Waals surface area contributed by atoms with E-state index in [9.17, 15) is 0 Å². The number of anilines is 1. The smallest absolute Gasteiger partial charge is 0.174 e. The molecule has 4 nitrogen and oxygen atoms in total. The van der Waals surface area contributed by atoms with E-state index in [-0.39, 0.29) is 0 Å². The Morgan fingerprint density at radius 1 is 1.19 bits per heavy atom. The summed E-state index contributed by atoms with van der Waals surface area (Å²) in [4.78, 5) is 14.8. The summed E-state index contributed by atoms with van der Waals surface area (Å²) in [5, 5.41) is 5.96. The summed E-state index contributed by atoms with van der Waals surface area (Å²) in [6.07, 6.45) is 0. The predicted molar refractivity (Wildman–Crippen MR) is 89.3 cm³/mol. The number of hydrogen-bond donors (Lipinski definition) is 1. The number of nitrogens with zero attached hydrogens (tertiary/aromatic N) is 3. The van der Waals surface area contributed by atoms with E-state index in [0.717, 1.165) is 38.8 Å². The number of fused-ring (bicyclic) bond motifs is 1. The Kier molecular flexibility index (Phi) is 3.78. The lowest BCUT2D eigenvalue weighted by Crippen LogP contribution is -2.02. The van der Waals surface area contributed by atoms with Crippen LogP contribution in [0, 0.1) is 13.8 Å². The van der Waals surface area contributed by atoms with Crippen molar-refractivity contribution >= 4 is 39.7 Å². The molecule has 0 aliphatic rings. The van der Waals surface area contributed by atoms with E-state index in [2.05, 4.69) is 20.3 Å². The lowest BCUT2D eigenvalue weighted by Gasteiger charge is -2.09. The fraction of sp³-hybridized carbons (Fsp3) is 0.267. The molecular formula is C15H15ClN4S. The maximum atomic E-state index is 6.09. The third-order valence-corrected chi connectivity index (χ3v) is 4.41. The second-order valence-corrected chi connectivity index (χ2v) is 6.37. The van der Waals surface area contributed by atoms with Gasteiger partial charge in [-0.05, 0) is 39.0 Å². The Morgan fingerprint density at radius 2 is 2.00 bits per heavy atom. The van der Waals surface area contributed by atoms with Gasteiger partial charge >= 0.3 is 0 Å². The Balaban J connectivity index is 2.26. The van der Waals surface area contributed by atoms with Crippen molar-refractivity contribution in [3.05, 3.63) is 33.9 Å². The molecule has 6 heteroatoms. The first-order valence-corrected chi connectivity index (χ1v) is 7.93. The zero-order valence-corrected chi connectivity index (χ0v) is 13.6. The molecule has 0 atom stereocenters. The number of hydrogen-bond acceptors (Lipinski definition) is 5. The Labute approximate surface area is 132 Å². The molecule has 0 amide bonds. The van der Waals surface area contributed by atoms with E-state index >= 15 is 0 Å². The summed E-state index contributed by atoms with van der Waals surface area (Å²) in [6, 6.07) is 5.67. The van der Waals surface area contributed by atoms with Crippen molar-refractivity contribution in [3.8, 4) is 10.7 Å². The minimum absolute atomic E-state index is 0.673. The zero-order chi connectivity index (χ0) is 15.0. The number of benzene rings is 1. The zero-order valence-electron chi connectivity index (χ0n) is 12.1. The fourth-order valence-corrected chi connectivity index (χ4v) is 3.27. The molecule has 0 bridgehead atoms. The van der Waals surface area contributed by atoms with Crippen LogP contribution in [0.2, 0.25) is 5.02 Å². The van der Waals surface area contributed by atoms with Crippen LogP contribution in [0.3, 0.4) is 0 Å². The normalized spacial score (nSPS) is 11.0. The summed E-state index contributed by atoms with van der Waals surface area (Å²) in [6.45, 7) is 6.82. The van der Waals surface area contributed by atoms with E-state index in [1.165, 1.54) is 0 Å². The second kappa shape index (κ2) is 5.58. The lowest BCUT2D eigenvalue weighted by atomic mass is 10.2. The van der Waals surface area contributed by atoms with Crippen LogP contribution in [0.4, 0.5) is 5.82 Å². The highest BCUT2D eigenvalue weighted by Crippen LogP contribution is 2.31. The minimum atomic E-state index is 0.673. The van der Waals surface area contributed by atoms with Gasteiger partial charge < -0.3 is 5.32 Å². The highest BCUT2D eigenvalue weighted by molar-refractivity contribution is 7.15. The van der Waals surface area contributed by atoms with Crippen LogP contribution in [-0.2, 0) is 0 Å². The molecule has 0 spiro atoms. The van der Waals surface area contributed by atoms with Crippen LogP contribution in [0.25, 0.3) is 21.6 Å². The highest BCUT2D eigenvalue weighted by atomic mass is 35.5. The molecule has 3 rings (SSSR count). The topological polar surface area (TPSA) is 50.7 Å². The monoisotopic (exact) mass is 318 g/mol. The quantitative estimate of drug-likeness (QED) is 0.775. The van der Waals surface area contributed by atoms with Gasteiger partial charge in [0.15, 0.2) is 5.82 Å². The Hall–Kier alpha value is -1.72. The van der Waals surface area contributed by atoms with Gasteiger partial charge in [0.2, 0.25) is 0 Å². The average molecular weight is 319 g/mol. The van der Waals surface area contributed by atoms with Gasteiger partial charge in [-0.1, -0.05) is 11.6 Å². The van der Waals surface area contributed by atoms with E-state index in [1.807, 2.05) is 39.0 Å². The van der Waals surface area contributed by atoms with E-state index in [1.54, 1.807) is 11.3 Å². The summed E-state index contributed by atoms with van der Waals surface area (Å²) < 4.78 is 0. The van der Waals surface area contributed by atoms with Crippen molar-refractivity contribution in [2.24, 2.45) is 0 Å². The predicted octanol–water partition coefficient (Wildman–Crippen LogP) is 4.46. The third kappa shape index (κ3) is 2.71. The van der Waals surface area contributed by atoms with Crippen molar-refractivity contribution in [1.29, 1.82) is 0 Å². The van der Waals surface area contributed by atoms with Gasteiger partial charge in [-0.15, -0.1) is 11.3 Å². The molecule has 0 aliphatic carbocycles. The molecule has 0 radical (unpaired) electrons. The van der Waals surface area contributed by atoms with Gasteiger partial charge in [0, 0.05) is 17.0 Å². The first kappa shape index (κ1) is 14.2. The summed E-state index contributed by atoms with van der Waals surface area (Å²) in [5.74, 6) is 1.53. The summed E-state index contributed by atoms with van der Waals surface area (Å²) >= 11 is 7.70. The van der Waals surface area contributed by atoms with Gasteiger partial charge in [0.1, 0.15) is 5.82 Å². The maximum absolute atomic E-state index is 6.09. The van der Waals surface area contributed by atoms with Crippen LogP contribution in [0.5, 0.6) is 0 Å². The molecule has 1 N–H and O–H groups in total. The molecule has 21 heavy (non-hydrogen) atoms. The molecule has 1 aromatic carbocycles. The van der Waals surface area contributed by atoms with Gasteiger partial charge in [0.25, 0.3) is 0 Å². The summed E-state index contributed by atoms with van der Waals surface area (Å²) in [7, 11) is 0. The molecule has 108 valence electrons. The molecule has 0 saturated carbocycles. The standard InChI is InChI=1S/C15H15ClN4S/c1-4-17-14-11-6-5-10(16)7-12(11)19-15(20-14)13-8(2)18-9(3)21-13/h5-7H,4H2,1-3H3,(H,17,19,20). The molecule has 0 aliphatic heterocycles. The van der Waals surface area contributed by atoms with Crippen molar-refractivity contribution in [3.63, 3.8) is 0 Å². The van der Waals surface area contributed by atoms with E-state index in [0.29, 0.717) is 10.8 Å². The van der Waals surface area contributed by atoms with Crippen LogP contribution in [0.15, 0.2) is 18.2 Å². The van der Waals surface area contributed by atoms with Crippen LogP contribution in [-0.4, -0.2) is 21.5 Å². The highest BCUT2D eigenvalue weighted by Gasteiger charge is 2.14. The molecule has 3 aromatic rings. The molecule has 0 fully saturated rings. The third-order valence-electron chi connectivity index (χ3n) is 3.11. The van der Waals surface area contributed by atoms with E-state index < -0.39 is 0 Å². The Bertz CT molecular complexity index is 813. The number of nitrogens with one attached hydrogen (secondary N) is 1. The molecular weight excluding hydrogens is 304 g/mol. The van der Waals surface area contributed by atoms with Gasteiger partial charge in [-0.3, -0.25) is 0 Å². The lowest BCUT2D eigenvalue weighted by molar-refractivity contribution is 1.14.